The highest BCUT2D eigenvalue weighted by Gasteiger charge is 2.20. The van der Waals surface area contributed by atoms with Crippen molar-refractivity contribution in [3.05, 3.63) is 45.2 Å². The molecule has 5 heteroatoms. The molecule has 0 aliphatic rings. The van der Waals surface area contributed by atoms with Gasteiger partial charge in [-0.25, -0.2) is 9.48 Å². The molecule has 0 radical (unpaired) electrons. The average Bonchev–Trinajstić information content (AvgIpc) is 2.52. The van der Waals surface area contributed by atoms with Gasteiger partial charge in [0, 0.05) is 0 Å². The topological polar surface area (TPSA) is 55.1 Å². The molecule has 0 saturated carbocycles. The van der Waals surface area contributed by atoms with E-state index < -0.39 is 5.97 Å². The predicted octanol–water partition coefficient (Wildman–Crippen LogP) is 3.46. The fourth-order valence-electron chi connectivity index (χ4n) is 2.35. The number of aryl methyl sites for hydroxylation is 3. The number of rotatable bonds is 2. The van der Waals surface area contributed by atoms with Gasteiger partial charge in [-0.3, -0.25) is 0 Å². The lowest BCUT2D eigenvalue weighted by Crippen LogP contribution is -2.05. The number of carboxylic acid groups (broad SMARTS) is 1. The molecule has 0 spiro atoms. The minimum atomic E-state index is -0.970. The van der Waals surface area contributed by atoms with Crippen LogP contribution in [0, 0.1) is 27.7 Å². The van der Waals surface area contributed by atoms with E-state index in [9.17, 15) is 9.90 Å². The Balaban J connectivity index is 2.74. The normalized spacial score (nSPS) is 10.8. The quantitative estimate of drug-likeness (QED) is 0.915. The number of aromatic nitrogens is 2. The summed E-state index contributed by atoms with van der Waals surface area (Å²) in [6.07, 6.45) is 0. The average molecular weight is 279 g/mol. The molecule has 0 unspecified atom stereocenters. The maximum atomic E-state index is 11.2. The summed E-state index contributed by atoms with van der Waals surface area (Å²) in [6, 6.07) is 3.85. The van der Waals surface area contributed by atoms with Crippen LogP contribution in [0.3, 0.4) is 0 Å². The number of benzene rings is 1. The van der Waals surface area contributed by atoms with Crippen molar-refractivity contribution in [1.82, 2.24) is 9.78 Å². The third kappa shape index (κ3) is 2.24. The second-order valence-corrected chi connectivity index (χ2v) is 5.08. The lowest BCUT2D eigenvalue weighted by molar-refractivity contribution is 0.0695. The Hall–Kier alpha value is -1.81. The van der Waals surface area contributed by atoms with Crippen LogP contribution in [-0.2, 0) is 0 Å². The van der Waals surface area contributed by atoms with Gasteiger partial charge in [0.05, 0.1) is 22.1 Å². The second-order valence-electron chi connectivity index (χ2n) is 4.68. The Kier molecular flexibility index (Phi) is 3.37. The maximum Gasteiger partial charge on any atom is 0.339 e. The predicted molar refractivity (Wildman–Crippen MR) is 74.5 cm³/mol. The van der Waals surface area contributed by atoms with Gasteiger partial charge in [-0.05, 0) is 44.9 Å². The molecule has 0 fully saturated rings. The van der Waals surface area contributed by atoms with Gasteiger partial charge in [0.1, 0.15) is 5.56 Å². The summed E-state index contributed by atoms with van der Waals surface area (Å²) in [5.74, 6) is -0.970. The van der Waals surface area contributed by atoms with Crippen LogP contribution >= 0.6 is 11.6 Å². The Morgan fingerprint density at radius 1 is 1.26 bits per heavy atom. The van der Waals surface area contributed by atoms with Crippen molar-refractivity contribution >= 4 is 17.6 Å². The molecule has 1 N–H and O–H groups in total. The smallest absolute Gasteiger partial charge is 0.339 e. The fourth-order valence-corrected chi connectivity index (χ4v) is 2.75. The lowest BCUT2D eigenvalue weighted by Gasteiger charge is -2.11. The van der Waals surface area contributed by atoms with E-state index in [0.29, 0.717) is 16.4 Å². The van der Waals surface area contributed by atoms with Crippen molar-refractivity contribution in [2.75, 3.05) is 0 Å². The van der Waals surface area contributed by atoms with Crippen molar-refractivity contribution in [1.29, 1.82) is 0 Å². The fraction of sp³-hybridized carbons (Fsp3) is 0.286. The molecule has 19 heavy (non-hydrogen) atoms. The first-order valence-corrected chi connectivity index (χ1v) is 6.27. The maximum absolute atomic E-state index is 11.2. The number of carbonyl (C=O) groups is 1. The largest absolute Gasteiger partial charge is 0.478 e. The zero-order chi connectivity index (χ0) is 14.3. The van der Waals surface area contributed by atoms with Gasteiger partial charge in [-0.15, -0.1) is 0 Å². The summed E-state index contributed by atoms with van der Waals surface area (Å²) in [5, 5.41) is 14.1. The highest BCUT2D eigenvalue weighted by molar-refractivity contribution is 6.32. The van der Waals surface area contributed by atoms with Gasteiger partial charge in [0.15, 0.2) is 0 Å². The van der Waals surface area contributed by atoms with Crippen LogP contribution in [0.25, 0.3) is 5.69 Å². The molecular formula is C14H15ClN2O2. The van der Waals surface area contributed by atoms with Gasteiger partial charge in [-0.1, -0.05) is 17.7 Å². The number of nitrogens with zero attached hydrogens (tertiary/aromatic N) is 2. The van der Waals surface area contributed by atoms with Gasteiger partial charge in [-0.2, -0.15) is 5.10 Å². The Morgan fingerprint density at radius 2 is 1.89 bits per heavy atom. The number of carboxylic acids is 1. The molecule has 1 heterocycles. The molecule has 2 aromatic rings. The van der Waals surface area contributed by atoms with Crippen molar-refractivity contribution < 1.29 is 9.90 Å². The van der Waals surface area contributed by atoms with Crippen molar-refractivity contribution in [3.8, 4) is 5.69 Å². The zero-order valence-electron chi connectivity index (χ0n) is 11.3. The third-order valence-corrected chi connectivity index (χ3v) is 3.40. The molecule has 0 bridgehead atoms. The summed E-state index contributed by atoms with van der Waals surface area (Å²) in [6.45, 7) is 7.32. The molecule has 0 aliphatic heterocycles. The van der Waals surface area contributed by atoms with E-state index in [1.807, 2.05) is 26.0 Å². The van der Waals surface area contributed by atoms with Crippen LogP contribution in [0.5, 0.6) is 0 Å². The molecule has 0 amide bonds. The number of hydrogen-bond acceptors (Lipinski definition) is 2. The second kappa shape index (κ2) is 4.70. The summed E-state index contributed by atoms with van der Waals surface area (Å²) in [5.41, 5.74) is 4.06. The molecule has 0 atom stereocenters. The van der Waals surface area contributed by atoms with E-state index in [1.165, 1.54) is 0 Å². The summed E-state index contributed by atoms with van der Waals surface area (Å²) in [4.78, 5) is 11.2. The molecule has 0 saturated heterocycles. The monoisotopic (exact) mass is 278 g/mol. The van der Waals surface area contributed by atoms with Crippen LogP contribution in [0.2, 0.25) is 5.02 Å². The van der Waals surface area contributed by atoms with E-state index in [-0.39, 0.29) is 5.56 Å². The summed E-state index contributed by atoms with van der Waals surface area (Å²) >= 11 is 6.27. The lowest BCUT2D eigenvalue weighted by atomic mass is 10.1. The Bertz CT molecular complexity index is 651. The highest BCUT2D eigenvalue weighted by Crippen LogP contribution is 2.28. The van der Waals surface area contributed by atoms with E-state index in [2.05, 4.69) is 5.10 Å². The first-order chi connectivity index (χ1) is 8.82. The molecule has 0 aliphatic carbocycles. The summed E-state index contributed by atoms with van der Waals surface area (Å²) < 4.78 is 1.61. The van der Waals surface area contributed by atoms with Crippen molar-refractivity contribution in [3.63, 3.8) is 0 Å². The third-order valence-electron chi connectivity index (χ3n) is 3.12. The molecule has 4 nitrogen and oxygen atoms in total. The Morgan fingerprint density at radius 3 is 2.37 bits per heavy atom. The van der Waals surface area contributed by atoms with Crippen LogP contribution in [0.15, 0.2) is 12.1 Å². The van der Waals surface area contributed by atoms with Crippen molar-refractivity contribution in [2.24, 2.45) is 0 Å². The van der Waals surface area contributed by atoms with Crippen LogP contribution in [-0.4, -0.2) is 20.9 Å². The zero-order valence-corrected chi connectivity index (χ0v) is 12.0. The first kappa shape index (κ1) is 13.6. The SMILES string of the molecule is Cc1cc(C)c(-n2nc(C)c(C(=O)O)c2C)c(Cl)c1. The van der Waals surface area contributed by atoms with E-state index >= 15 is 0 Å². The minimum Gasteiger partial charge on any atom is -0.478 e. The molecular weight excluding hydrogens is 264 g/mol. The molecule has 1 aromatic heterocycles. The van der Waals surface area contributed by atoms with Gasteiger partial charge < -0.3 is 5.11 Å². The standard InChI is InChI=1S/C14H15ClN2O2/c1-7-5-8(2)13(11(15)6-7)17-10(4)12(14(18)19)9(3)16-17/h5-6H,1-4H3,(H,18,19). The number of halogens is 1. The van der Waals surface area contributed by atoms with Crippen molar-refractivity contribution in [2.45, 2.75) is 27.7 Å². The molecule has 1 aromatic carbocycles. The Labute approximate surface area is 116 Å². The van der Waals surface area contributed by atoms with E-state index in [0.717, 1.165) is 16.8 Å². The molecule has 100 valence electrons. The van der Waals surface area contributed by atoms with Crippen LogP contribution in [0.1, 0.15) is 32.9 Å². The minimum absolute atomic E-state index is 0.232. The molecule has 2 rings (SSSR count). The van der Waals surface area contributed by atoms with Gasteiger partial charge in [0.2, 0.25) is 0 Å². The van der Waals surface area contributed by atoms with E-state index in [4.69, 9.17) is 11.6 Å². The highest BCUT2D eigenvalue weighted by atomic mass is 35.5. The van der Waals surface area contributed by atoms with Gasteiger partial charge >= 0.3 is 5.97 Å². The number of hydrogen-bond donors (Lipinski definition) is 1. The van der Waals surface area contributed by atoms with Gasteiger partial charge in [0.25, 0.3) is 0 Å². The summed E-state index contributed by atoms with van der Waals surface area (Å²) in [7, 11) is 0. The first-order valence-electron chi connectivity index (χ1n) is 5.89. The van der Waals surface area contributed by atoms with Crippen LogP contribution < -0.4 is 0 Å². The van der Waals surface area contributed by atoms with E-state index in [1.54, 1.807) is 18.5 Å². The number of aromatic carboxylic acids is 1. The van der Waals surface area contributed by atoms with Crippen LogP contribution in [0.4, 0.5) is 0 Å².